The molecule has 0 aromatic heterocycles. The first-order chi connectivity index (χ1) is 7.15. The van der Waals surface area contributed by atoms with Crippen molar-refractivity contribution in [3.8, 4) is 0 Å². The van der Waals surface area contributed by atoms with Crippen LogP contribution in [-0.4, -0.2) is 24.0 Å². The van der Waals surface area contributed by atoms with E-state index in [2.05, 4.69) is 46.0 Å². The molecule has 1 aliphatic rings. The van der Waals surface area contributed by atoms with Crippen LogP contribution in [0.3, 0.4) is 0 Å². The van der Waals surface area contributed by atoms with Crippen LogP contribution >= 0.6 is 15.9 Å². The Morgan fingerprint density at radius 2 is 2.33 bits per heavy atom. The van der Waals surface area contributed by atoms with Gasteiger partial charge < -0.3 is 5.73 Å². The lowest BCUT2D eigenvalue weighted by molar-refractivity contribution is 0.326. The highest BCUT2D eigenvalue weighted by Crippen LogP contribution is 2.19. The number of rotatable bonds is 2. The Bertz CT molecular complexity index is 351. The topological polar surface area (TPSA) is 29.3 Å². The Hall–Kier alpha value is -0.380. The van der Waals surface area contributed by atoms with Gasteiger partial charge in [-0.15, -0.1) is 0 Å². The fourth-order valence-electron chi connectivity index (χ4n) is 2.08. The highest BCUT2D eigenvalue weighted by Gasteiger charge is 2.19. The molecule has 0 radical (unpaired) electrons. The molecular weight excluding hydrogens is 252 g/mol. The molecule has 1 atom stereocenters. The standard InChI is InChI=1S/C12H17BrN2/c1-9-6-11(13)3-2-10(9)7-15-5-4-12(14)8-15/h2-3,6,12H,4-5,7-8,14H2,1H3/t12-/m0/s1. The second kappa shape index (κ2) is 4.64. The van der Waals surface area contributed by atoms with Crippen molar-refractivity contribution < 1.29 is 0 Å². The Kier molecular flexibility index (Phi) is 3.44. The lowest BCUT2D eigenvalue weighted by Crippen LogP contribution is -2.26. The van der Waals surface area contributed by atoms with Gasteiger partial charge in [0.1, 0.15) is 0 Å². The van der Waals surface area contributed by atoms with E-state index in [0.29, 0.717) is 6.04 Å². The summed E-state index contributed by atoms with van der Waals surface area (Å²) in [5.41, 5.74) is 8.65. The molecule has 2 rings (SSSR count). The second-order valence-electron chi connectivity index (χ2n) is 4.35. The van der Waals surface area contributed by atoms with Crippen LogP contribution in [0.4, 0.5) is 0 Å². The summed E-state index contributed by atoms with van der Waals surface area (Å²) in [6.45, 7) is 5.37. The predicted molar refractivity (Wildman–Crippen MR) is 66.7 cm³/mol. The van der Waals surface area contributed by atoms with Crippen molar-refractivity contribution >= 4 is 15.9 Å². The van der Waals surface area contributed by atoms with Crippen LogP contribution < -0.4 is 5.73 Å². The molecule has 15 heavy (non-hydrogen) atoms. The van der Waals surface area contributed by atoms with Gasteiger partial charge in [0.25, 0.3) is 0 Å². The number of benzene rings is 1. The van der Waals surface area contributed by atoms with Crippen molar-refractivity contribution in [3.05, 3.63) is 33.8 Å². The van der Waals surface area contributed by atoms with E-state index in [9.17, 15) is 0 Å². The predicted octanol–water partition coefficient (Wildman–Crippen LogP) is 2.29. The van der Waals surface area contributed by atoms with Crippen molar-refractivity contribution in [2.45, 2.75) is 25.9 Å². The van der Waals surface area contributed by atoms with Crippen molar-refractivity contribution in [2.24, 2.45) is 5.73 Å². The van der Waals surface area contributed by atoms with Gasteiger partial charge in [-0.05, 0) is 36.6 Å². The number of nitrogens with zero attached hydrogens (tertiary/aromatic N) is 1. The average Bonchev–Trinajstić information content (AvgIpc) is 2.56. The molecule has 82 valence electrons. The van der Waals surface area contributed by atoms with Gasteiger partial charge in [-0.1, -0.05) is 22.0 Å². The minimum atomic E-state index is 0.376. The first-order valence-corrected chi connectivity index (χ1v) is 6.17. The maximum atomic E-state index is 5.89. The number of nitrogens with two attached hydrogens (primary N) is 1. The van der Waals surface area contributed by atoms with Crippen LogP contribution in [-0.2, 0) is 6.54 Å². The summed E-state index contributed by atoms with van der Waals surface area (Å²) in [7, 11) is 0. The lowest BCUT2D eigenvalue weighted by atomic mass is 10.1. The highest BCUT2D eigenvalue weighted by molar-refractivity contribution is 9.10. The van der Waals surface area contributed by atoms with Gasteiger partial charge in [0, 0.05) is 30.1 Å². The normalized spacial score (nSPS) is 22.2. The van der Waals surface area contributed by atoms with E-state index in [1.54, 1.807) is 0 Å². The van der Waals surface area contributed by atoms with E-state index < -0.39 is 0 Å². The molecule has 0 saturated carbocycles. The van der Waals surface area contributed by atoms with Crippen LogP contribution in [0.1, 0.15) is 17.5 Å². The van der Waals surface area contributed by atoms with Gasteiger partial charge in [-0.2, -0.15) is 0 Å². The summed E-state index contributed by atoms with van der Waals surface area (Å²) >= 11 is 3.48. The first kappa shape index (κ1) is 11.1. The fourth-order valence-corrected chi connectivity index (χ4v) is 2.56. The number of halogens is 1. The van der Waals surface area contributed by atoms with Crippen molar-refractivity contribution in [1.29, 1.82) is 0 Å². The molecule has 0 amide bonds. The number of likely N-dealkylation sites (tertiary alicyclic amines) is 1. The van der Waals surface area contributed by atoms with Gasteiger partial charge in [-0.3, -0.25) is 4.90 Å². The van der Waals surface area contributed by atoms with Crippen LogP contribution in [0.5, 0.6) is 0 Å². The average molecular weight is 269 g/mol. The molecule has 1 aromatic rings. The zero-order valence-corrected chi connectivity index (χ0v) is 10.6. The SMILES string of the molecule is Cc1cc(Br)ccc1CN1CC[C@H](N)C1. The number of hydrogen-bond donors (Lipinski definition) is 1. The van der Waals surface area contributed by atoms with Gasteiger partial charge in [0.05, 0.1) is 0 Å². The minimum absolute atomic E-state index is 0.376. The quantitative estimate of drug-likeness (QED) is 0.892. The summed E-state index contributed by atoms with van der Waals surface area (Å²) in [5, 5.41) is 0. The molecule has 2 N–H and O–H groups in total. The Labute approximate surface area is 99.6 Å². The maximum absolute atomic E-state index is 5.89. The molecule has 0 aliphatic carbocycles. The van der Waals surface area contributed by atoms with Crippen LogP contribution in [0.25, 0.3) is 0 Å². The summed E-state index contributed by atoms with van der Waals surface area (Å²) in [6.07, 6.45) is 1.13. The summed E-state index contributed by atoms with van der Waals surface area (Å²) in [4.78, 5) is 2.43. The molecular formula is C12H17BrN2. The third kappa shape index (κ3) is 2.80. The van der Waals surface area contributed by atoms with Gasteiger partial charge in [0.2, 0.25) is 0 Å². The minimum Gasteiger partial charge on any atom is -0.326 e. The molecule has 1 fully saturated rings. The highest BCUT2D eigenvalue weighted by atomic mass is 79.9. The molecule has 0 unspecified atom stereocenters. The van der Waals surface area contributed by atoms with Crippen molar-refractivity contribution in [3.63, 3.8) is 0 Å². The van der Waals surface area contributed by atoms with E-state index in [0.717, 1.165) is 30.5 Å². The molecule has 3 heteroatoms. The third-order valence-corrected chi connectivity index (χ3v) is 3.50. The van der Waals surface area contributed by atoms with E-state index in [-0.39, 0.29) is 0 Å². The van der Waals surface area contributed by atoms with E-state index in [1.165, 1.54) is 11.1 Å². The van der Waals surface area contributed by atoms with Crippen molar-refractivity contribution in [1.82, 2.24) is 4.90 Å². The zero-order chi connectivity index (χ0) is 10.8. The lowest BCUT2D eigenvalue weighted by Gasteiger charge is -2.16. The third-order valence-electron chi connectivity index (χ3n) is 3.01. The van der Waals surface area contributed by atoms with E-state index in [4.69, 9.17) is 5.73 Å². The van der Waals surface area contributed by atoms with Crippen molar-refractivity contribution in [2.75, 3.05) is 13.1 Å². The Morgan fingerprint density at radius 3 is 2.93 bits per heavy atom. The summed E-state index contributed by atoms with van der Waals surface area (Å²) < 4.78 is 1.15. The number of aryl methyl sites for hydroxylation is 1. The molecule has 1 aliphatic heterocycles. The molecule has 1 aromatic carbocycles. The molecule has 0 spiro atoms. The summed E-state index contributed by atoms with van der Waals surface area (Å²) in [6, 6.07) is 6.85. The monoisotopic (exact) mass is 268 g/mol. The van der Waals surface area contributed by atoms with Gasteiger partial charge in [-0.25, -0.2) is 0 Å². The van der Waals surface area contributed by atoms with E-state index >= 15 is 0 Å². The molecule has 0 bridgehead atoms. The molecule has 2 nitrogen and oxygen atoms in total. The zero-order valence-electron chi connectivity index (χ0n) is 9.04. The van der Waals surface area contributed by atoms with E-state index in [1.807, 2.05) is 0 Å². The maximum Gasteiger partial charge on any atom is 0.0237 e. The molecule has 1 saturated heterocycles. The molecule has 1 heterocycles. The van der Waals surface area contributed by atoms with Gasteiger partial charge in [0.15, 0.2) is 0 Å². The van der Waals surface area contributed by atoms with Crippen LogP contribution in [0.2, 0.25) is 0 Å². The number of hydrogen-bond acceptors (Lipinski definition) is 2. The Morgan fingerprint density at radius 1 is 1.53 bits per heavy atom. The fraction of sp³-hybridized carbons (Fsp3) is 0.500. The summed E-state index contributed by atoms with van der Waals surface area (Å²) in [5.74, 6) is 0. The smallest absolute Gasteiger partial charge is 0.0237 e. The van der Waals surface area contributed by atoms with Gasteiger partial charge >= 0.3 is 0 Å². The van der Waals surface area contributed by atoms with Crippen LogP contribution in [0, 0.1) is 6.92 Å². The van der Waals surface area contributed by atoms with Crippen LogP contribution in [0.15, 0.2) is 22.7 Å². The second-order valence-corrected chi connectivity index (χ2v) is 5.27. The first-order valence-electron chi connectivity index (χ1n) is 5.38. The largest absolute Gasteiger partial charge is 0.326 e. The Balaban J connectivity index is 2.04.